The van der Waals surface area contributed by atoms with E-state index >= 15 is 0 Å². The molecule has 0 radical (unpaired) electrons. The van der Waals surface area contributed by atoms with Crippen LogP contribution in [-0.2, 0) is 54.7 Å². The third kappa shape index (κ3) is 15.7. The zero-order valence-corrected chi connectivity index (χ0v) is 30.3. The first kappa shape index (κ1) is 43.0. The van der Waals surface area contributed by atoms with E-state index in [2.05, 4.69) is 52.6 Å². The van der Waals surface area contributed by atoms with Crippen molar-refractivity contribution in [2.45, 2.75) is 51.6 Å². The Balaban J connectivity index is 0.000000410. The van der Waals surface area contributed by atoms with Crippen molar-refractivity contribution in [2.75, 3.05) is 46.9 Å². The first-order valence-corrected chi connectivity index (χ1v) is 17.3. The third-order valence-electron chi connectivity index (χ3n) is 8.45. The number of hydrogen-bond acceptors (Lipinski definition) is 12. The molecular weight excluding hydrogens is 702 g/mol. The van der Waals surface area contributed by atoms with Crippen molar-refractivity contribution < 1.29 is 53.6 Å². The molecule has 2 aliphatic heterocycles. The van der Waals surface area contributed by atoms with Gasteiger partial charge in [0.2, 0.25) is 0 Å². The number of nitrogens with zero attached hydrogens (tertiary/aromatic N) is 4. The van der Waals surface area contributed by atoms with Gasteiger partial charge in [-0.15, -0.1) is 0 Å². The summed E-state index contributed by atoms with van der Waals surface area (Å²) in [7, 11) is 4.17. The Labute approximate surface area is 312 Å². The summed E-state index contributed by atoms with van der Waals surface area (Å²) in [4.78, 5) is 42.9. The maximum absolute atomic E-state index is 9.55. The van der Waals surface area contributed by atoms with E-state index in [-0.39, 0.29) is 6.29 Å². The Bertz CT molecular complexity index is 1720. The number of nitrogens with one attached hydrogen (secondary N) is 1. The van der Waals surface area contributed by atoms with E-state index in [1.54, 1.807) is 0 Å². The predicted octanol–water partition coefficient (Wildman–Crippen LogP) is 3.49. The van der Waals surface area contributed by atoms with Gasteiger partial charge >= 0.3 is 23.9 Å². The number of ether oxygens (including phenoxy) is 2. The van der Waals surface area contributed by atoms with Crippen LogP contribution in [-0.4, -0.2) is 112 Å². The molecule has 54 heavy (non-hydrogen) atoms. The van der Waals surface area contributed by atoms with E-state index in [0.29, 0.717) is 29.9 Å². The average molecular weight is 750 g/mol. The molecule has 16 nitrogen and oxygen atoms in total. The number of carboxylic acids is 4. The lowest BCUT2D eigenvalue weighted by Gasteiger charge is -2.32. The highest BCUT2D eigenvalue weighted by molar-refractivity contribution is 5.90. The molecule has 5 rings (SSSR count). The number of piperidine rings is 1. The number of aromatic nitrogens is 1. The number of rotatable bonds is 15. The van der Waals surface area contributed by atoms with Crippen LogP contribution in [0.15, 0.2) is 65.2 Å². The first-order valence-electron chi connectivity index (χ1n) is 17.3. The number of likely N-dealkylation sites (tertiary alicyclic amines) is 1. The fourth-order valence-corrected chi connectivity index (χ4v) is 5.83. The van der Waals surface area contributed by atoms with Crippen molar-refractivity contribution in [1.82, 2.24) is 20.3 Å². The molecule has 0 amide bonds. The van der Waals surface area contributed by atoms with E-state index in [9.17, 15) is 19.2 Å². The fourth-order valence-electron chi connectivity index (χ4n) is 5.83. The molecule has 2 fully saturated rings. The lowest BCUT2D eigenvalue weighted by molar-refractivity contribution is -0.134. The average Bonchev–Trinajstić information content (AvgIpc) is 3.81. The summed E-state index contributed by atoms with van der Waals surface area (Å²) in [5.74, 6) is -4.31. The number of aryl methyl sites for hydroxylation is 1. The molecule has 0 atom stereocenters. The highest BCUT2D eigenvalue weighted by Crippen LogP contribution is 2.29. The summed E-state index contributed by atoms with van der Waals surface area (Å²) in [5, 5.41) is 49.5. The van der Waals surface area contributed by atoms with Gasteiger partial charge in [-0.25, -0.2) is 19.2 Å². The van der Waals surface area contributed by atoms with E-state index in [0.717, 1.165) is 93.5 Å². The molecule has 290 valence electrons. The van der Waals surface area contributed by atoms with Gasteiger partial charge in [-0.3, -0.25) is 4.90 Å². The van der Waals surface area contributed by atoms with Gasteiger partial charge in [-0.1, -0.05) is 23.4 Å². The van der Waals surface area contributed by atoms with Crippen molar-refractivity contribution in [3.8, 4) is 6.07 Å². The van der Waals surface area contributed by atoms with Crippen LogP contribution in [0.2, 0.25) is 0 Å². The number of benzene rings is 2. The second-order valence-electron chi connectivity index (χ2n) is 12.8. The largest absolute Gasteiger partial charge is 0.478 e. The van der Waals surface area contributed by atoms with Crippen LogP contribution < -0.4 is 5.32 Å². The van der Waals surface area contributed by atoms with E-state index in [1.807, 2.05) is 24.3 Å². The highest BCUT2D eigenvalue weighted by Gasteiger charge is 2.25. The van der Waals surface area contributed by atoms with Gasteiger partial charge in [0.05, 0.1) is 30.5 Å². The topological polar surface area (TPSA) is 236 Å². The van der Waals surface area contributed by atoms with Crippen molar-refractivity contribution in [1.29, 1.82) is 5.26 Å². The quantitative estimate of drug-likeness (QED) is 0.140. The summed E-state index contributed by atoms with van der Waals surface area (Å²) in [6.07, 6.45) is 6.70. The number of carboxylic acid groups (broad SMARTS) is 4. The molecule has 3 aromatic rings. The zero-order chi connectivity index (χ0) is 39.5. The summed E-state index contributed by atoms with van der Waals surface area (Å²) in [5.41, 5.74) is 6.26. The molecule has 0 spiro atoms. The lowest BCUT2D eigenvalue weighted by Crippen LogP contribution is -2.39. The van der Waals surface area contributed by atoms with Crippen LogP contribution in [0.25, 0.3) is 11.0 Å². The van der Waals surface area contributed by atoms with Gasteiger partial charge in [0.25, 0.3) is 0 Å². The minimum Gasteiger partial charge on any atom is -0.478 e. The van der Waals surface area contributed by atoms with Crippen molar-refractivity contribution in [3.05, 3.63) is 88.7 Å². The molecule has 0 aliphatic carbocycles. The zero-order valence-electron chi connectivity index (χ0n) is 30.3. The second-order valence-corrected chi connectivity index (χ2v) is 12.8. The van der Waals surface area contributed by atoms with Gasteiger partial charge in [0.1, 0.15) is 0 Å². The maximum Gasteiger partial charge on any atom is 0.328 e. The molecule has 0 unspecified atom stereocenters. The summed E-state index contributed by atoms with van der Waals surface area (Å²) in [6.45, 7) is 6.83. The lowest BCUT2D eigenvalue weighted by atomic mass is 9.91. The highest BCUT2D eigenvalue weighted by atomic mass is 16.7. The molecule has 2 aliphatic rings. The van der Waals surface area contributed by atoms with Crippen molar-refractivity contribution in [2.24, 2.45) is 5.92 Å². The van der Waals surface area contributed by atoms with Crippen LogP contribution in [0.4, 0.5) is 0 Å². The Kier molecular flexibility index (Phi) is 18.0. The van der Waals surface area contributed by atoms with Crippen LogP contribution in [0.1, 0.15) is 47.2 Å². The Hall–Kier alpha value is -5.44. The SMILES string of the molecule is CN(C)Cc1c(CNCc2ccc(C#N)cc2)ccc2c(CCC3CCN(CC4OCCO4)CC3)noc12.O=C(O)C=CC(=O)O.O=C(O)C=CC(=O)O. The Morgan fingerprint density at radius 3 is 1.98 bits per heavy atom. The molecule has 5 N–H and O–H groups in total. The number of carbonyl (C=O) groups is 4. The Morgan fingerprint density at radius 2 is 1.46 bits per heavy atom. The molecule has 2 aromatic carbocycles. The van der Waals surface area contributed by atoms with Crippen LogP contribution >= 0.6 is 0 Å². The van der Waals surface area contributed by atoms with E-state index in [4.69, 9.17) is 39.7 Å². The van der Waals surface area contributed by atoms with Crippen LogP contribution in [0.5, 0.6) is 0 Å². The monoisotopic (exact) mass is 749 g/mol. The van der Waals surface area contributed by atoms with Gasteiger partial charge < -0.3 is 44.6 Å². The standard InChI is InChI=1S/C30H39N5O3.2C4H4O4/c1-34(2)20-27-25(19-32-18-24-5-3-23(17-31)4-6-24)8-9-26-28(33-38-30(26)27)10-7-22-11-13-35(14-12-22)21-29-36-15-16-37-29;2*5-3(6)1-2-4(7)8/h3-6,8-9,22,29,32H,7,10-16,18-21H2,1-2H3;2*1-2H,(H,5,6)(H,7,8). The van der Waals surface area contributed by atoms with Crippen LogP contribution in [0.3, 0.4) is 0 Å². The summed E-state index contributed by atoms with van der Waals surface area (Å²) >= 11 is 0. The smallest absolute Gasteiger partial charge is 0.328 e. The number of hydrogen-bond donors (Lipinski definition) is 5. The van der Waals surface area contributed by atoms with Crippen LogP contribution in [0, 0.1) is 17.2 Å². The van der Waals surface area contributed by atoms with E-state index in [1.165, 1.54) is 24.0 Å². The Morgan fingerprint density at radius 1 is 0.889 bits per heavy atom. The van der Waals surface area contributed by atoms with Gasteiger partial charge in [-0.2, -0.15) is 5.26 Å². The van der Waals surface area contributed by atoms with Gasteiger partial charge in [0.15, 0.2) is 11.9 Å². The first-order chi connectivity index (χ1) is 25.8. The van der Waals surface area contributed by atoms with Crippen molar-refractivity contribution in [3.63, 3.8) is 0 Å². The molecular formula is C38H47N5O11. The third-order valence-corrected chi connectivity index (χ3v) is 8.45. The molecule has 1 aromatic heterocycles. The second kappa shape index (κ2) is 22.6. The molecule has 2 saturated heterocycles. The minimum atomic E-state index is -1.26. The molecule has 0 bridgehead atoms. The summed E-state index contributed by atoms with van der Waals surface area (Å²) in [6, 6.07) is 14.3. The molecule has 3 heterocycles. The van der Waals surface area contributed by atoms with E-state index < -0.39 is 23.9 Å². The maximum atomic E-state index is 9.55. The van der Waals surface area contributed by atoms with Gasteiger partial charge in [0, 0.05) is 61.4 Å². The number of fused-ring (bicyclic) bond motifs is 1. The van der Waals surface area contributed by atoms with Gasteiger partial charge in [-0.05, 0) is 88.1 Å². The predicted molar refractivity (Wildman–Crippen MR) is 195 cm³/mol. The number of nitriles is 1. The summed E-state index contributed by atoms with van der Waals surface area (Å²) < 4.78 is 17.2. The van der Waals surface area contributed by atoms with Crippen molar-refractivity contribution >= 4 is 34.8 Å². The normalized spacial score (nSPS) is 15.1. The molecule has 16 heteroatoms. The minimum absolute atomic E-state index is 0.0412. The fraction of sp³-hybridized carbons (Fsp3) is 0.421. The number of aliphatic carboxylic acids is 4. The molecule has 0 saturated carbocycles.